The van der Waals surface area contributed by atoms with Gasteiger partial charge in [-0.05, 0) is 72.8 Å². The normalized spacial score (nSPS) is 11.6. The summed E-state index contributed by atoms with van der Waals surface area (Å²) >= 11 is 0. The fraction of sp³-hybridized carbons (Fsp3) is 0. The topological polar surface area (TPSA) is 75.3 Å². The second-order valence-corrected chi connectivity index (χ2v) is 13.8. The molecule has 0 spiro atoms. The Labute approximate surface area is 315 Å². The van der Waals surface area contributed by atoms with Gasteiger partial charge in [0.15, 0.2) is 0 Å². The molecule has 0 unspecified atom stereocenters. The van der Waals surface area contributed by atoms with Crippen LogP contribution in [0, 0.1) is 22.7 Å². The Morgan fingerprint density at radius 2 is 0.836 bits per heavy atom. The van der Waals surface area contributed by atoms with Gasteiger partial charge in [-0.1, -0.05) is 91.0 Å². The lowest BCUT2D eigenvalue weighted by Gasteiger charge is -2.15. The molecule has 4 heterocycles. The predicted molar refractivity (Wildman–Crippen MR) is 222 cm³/mol. The Morgan fingerprint density at radius 1 is 0.400 bits per heavy atom. The first-order valence-electron chi connectivity index (χ1n) is 18.2. The number of pyridine rings is 1. The zero-order valence-electron chi connectivity index (χ0n) is 29.3. The molecule has 6 heteroatoms. The largest absolute Gasteiger partial charge is 0.309 e. The molecule has 0 radical (unpaired) electrons. The Kier molecular flexibility index (Phi) is 6.58. The number of hydrogen-bond acceptors (Lipinski definition) is 3. The Hall–Kier alpha value is -7.93. The van der Waals surface area contributed by atoms with Gasteiger partial charge in [-0.3, -0.25) is 4.98 Å². The summed E-state index contributed by atoms with van der Waals surface area (Å²) in [6.07, 6.45) is 1.54. The van der Waals surface area contributed by atoms with Gasteiger partial charge in [-0.15, -0.1) is 0 Å². The van der Waals surface area contributed by atoms with Crippen LogP contribution in [0.15, 0.2) is 170 Å². The number of hydrogen-bond donors (Lipinski definition) is 0. The summed E-state index contributed by atoms with van der Waals surface area (Å²) in [7, 11) is 0. The van der Waals surface area contributed by atoms with E-state index in [9.17, 15) is 10.5 Å². The van der Waals surface area contributed by atoms with Gasteiger partial charge in [0.25, 0.3) is 0 Å². The number of rotatable bonds is 4. The molecule has 0 fully saturated rings. The number of nitrogens with zero attached hydrogens (tertiary/aromatic N) is 6. The lowest BCUT2D eigenvalue weighted by Crippen LogP contribution is -2.00. The second kappa shape index (κ2) is 11.8. The molecule has 55 heavy (non-hydrogen) atoms. The number of fused-ring (bicyclic) bond motifs is 9. The fourth-order valence-electron chi connectivity index (χ4n) is 8.63. The molecule has 0 bridgehead atoms. The average molecular weight is 701 g/mol. The maximum Gasteiger partial charge on any atom is 0.101 e. The summed E-state index contributed by atoms with van der Waals surface area (Å²) in [5.41, 5.74) is 11.7. The second-order valence-electron chi connectivity index (χ2n) is 13.8. The highest BCUT2D eigenvalue weighted by Gasteiger charge is 2.21. The molecule has 0 N–H and O–H groups in total. The molecule has 4 aromatic heterocycles. The number of benzene rings is 7. The van der Waals surface area contributed by atoms with Crippen molar-refractivity contribution in [3.05, 3.63) is 181 Å². The van der Waals surface area contributed by atoms with Crippen molar-refractivity contribution in [3.8, 4) is 40.5 Å². The van der Waals surface area contributed by atoms with Crippen molar-refractivity contribution in [2.75, 3.05) is 0 Å². The molecule has 6 nitrogen and oxygen atoms in total. The van der Waals surface area contributed by atoms with Crippen LogP contribution >= 0.6 is 0 Å². The van der Waals surface area contributed by atoms with Crippen LogP contribution in [-0.2, 0) is 0 Å². The van der Waals surface area contributed by atoms with E-state index in [-0.39, 0.29) is 0 Å². The standard InChI is InChI=1S/C49H28N6/c50-28-31-25-32(29-51)49(52-30-31)39-15-5-10-20-46(39)55-47-23-21-33(53-42-16-6-1-11-35(42)36-12-2-7-17-43(36)53)26-40(47)41-27-34(22-24-48(41)55)54-44-18-8-3-13-37(44)38-14-4-9-19-45(38)54/h1-27,30H. The van der Waals surface area contributed by atoms with E-state index in [4.69, 9.17) is 0 Å². The van der Waals surface area contributed by atoms with E-state index < -0.39 is 0 Å². The first kappa shape index (κ1) is 30.7. The van der Waals surface area contributed by atoms with Gasteiger partial charge in [0, 0.05) is 55.5 Å². The Morgan fingerprint density at radius 3 is 1.31 bits per heavy atom. The lowest BCUT2D eigenvalue weighted by molar-refractivity contribution is 1.15. The van der Waals surface area contributed by atoms with Crippen molar-refractivity contribution in [3.63, 3.8) is 0 Å². The highest BCUT2D eigenvalue weighted by molar-refractivity contribution is 6.14. The summed E-state index contributed by atoms with van der Waals surface area (Å²) in [5.74, 6) is 0. The van der Waals surface area contributed by atoms with Crippen LogP contribution in [0.4, 0.5) is 0 Å². The SMILES string of the molecule is N#Cc1cnc(-c2ccccc2-n2c3ccc(-n4c5ccccc5c5ccccc54)cc3c3cc(-n4c5ccccc5c5ccccc54)ccc32)c(C#N)c1. The minimum absolute atomic E-state index is 0.352. The molecule has 254 valence electrons. The third kappa shape index (κ3) is 4.43. The molecule has 0 aliphatic rings. The molecule has 0 atom stereocenters. The third-order valence-electron chi connectivity index (χ3n) is 10.9. The van der Waals surface area contributed by atoms with Crippen LogP contribution in [-0.4, -0.2) is 18.7 Å². The molecular formula is C49H28N6. The van der Waals surface area contributed by atoms with Gasteiger partial charge in [-0.2, -0.15) is 10.5 Å². The van der Waals surface area contributed by atoms with Gasteiger partial charge in [-0.25, -0.2) is 0 Å². The Balaban J connectivity index is 1.24. The lowest BCUT2D eigenvalue weighted by atomic mass is 10.0. The van der Waals surface area contributed by atoms with E-state index in [1.54, 1.807) is 6.07 Å². The average Bonchev–Trinajstić information content (AvgIpc) is 3.88. The summed E-state index contributed by atoms with van der Waals surface area (Å²) in [6.45, 7) is 0. The van der Waals surface area contributed by atoms with E-state index in [1.807, 2.05) is 18.2 Å². The maximum absolute atomic E-state index is 10.2. The fourth-order valence-corrected chi connectivity index (χ4v) is 8.63. The molecule has 0 saturated heterocycles. The molecule has 0 saturated carbocycles. The summed E-state index contributed by atoms with van der Waals surface area (Å²) in [5, 5.41) is 26.8. The van der Waals surface area contributed by atoms with Gasteiger partial charge in [0.1, 0.15) is 12.1 Å². The predicted octanol–water partition coefficient (Wildman–Crippen LogP) is 11.8. The van der Waals surface area contributed by atoms with Crippen LogP contribution in [0.1, 0.15) is 11.1 Å². The van der Waals surface area contributed by atoms with Crippen molar-refractivity contribution >= 4 is 65.4 Å². The molecular weight excluding hydrogens is 673 g/mol. The number of nitriles is 2. The van der Waals surface area contributed by atoms with E-state index in [1.165, 1.54) is 27.7 Å². The van der Waals surface area contributed by atoms with Gasteiger partial charge in [0.2, 0.25) is 0 Å². The van der Waals surface area contributed by atoms with E-state index in [2.05, 4.69) is 170 Å². The van der Waals surface area contributed by atoms with E-state index >= 15 is 0 Å². The highest BCUT2D eigenvalue weighted by atomic mass is 15.0. The summed E-state index contributed by atoms with van der Waals surface area (Å²) in [6, 6.07) is 61.9. The molecule has 11 rings (SSSR count). The number of aromatic nitrogens is 4. The smallest absolute Gasteiger partial charge is 0.101 e. The van der Waals surface area contributed by atoms with Gasteiger partial charge < -0.3 is 13.7 Å². The number of para-hydroxylation sites is 5. The van der Waals surface area contributed by atoms with Crippen molar-refractivity contribution in [2.24, 2.45) is 0 Å². The zero-order valence-corrected chi connectivity index (χ0v) is 29.3. The van der Waals surface area contributed by atoms with E-state index in [0.717, 1.165) is 66.5 Å². The van der Waals surface area contributed by atoms with Crippen LogP contribution in [0.2, 0.25) is 0 Å². The molecule has 0 aliphatic heterocycles. The quantitative estimate of drug-likeness (QED) is 0.183. The highest BCUT2D eigenvalue weighted by Crippen LogP contribution is 2.41. The van der Waals surface area contributed by atoms with Crippen molar-refractivity contribution in [1.29, 1.82) is 10.5 Å². The van der Waals surface area contributed by atoms with Gasteiger partial charge >= 0.3 is 0 Å². The maximum atomic E-state index is 10.2. The summed E-state index contributed by atoms with van der Waals surface area (Å²) < 4.78 is 7.00. The molecule has 11 aromatic rings. The first-order valence-corrected chi connectivity index (χ1v) is 18.2. The van der Waals surface area contributed by atoms with Crippen LogP contribution in [0.25, 0.3) is 93.7 Å². The molecule has 0 aliphatic carbocycles. The zero-order chi connectivity index (χ0) is 36.6. The van der Waals surface area contributed by atoms with Gasteiger partial charge in [0.05, 0.1) is 55.6 Å². The minimum Gasteiger partial charge on any atom is -0.309 e. The molecule has 7 aromatic carbocycles. The van der Waals surface area contributed by atoms with Crippen LogP contribution in [0.5, 0.6) is 0 Å². The van der Waals surface area contributed by atoms with Crippen molar-refractivity contribution < 1.29 is 0 Å². The monoisotopic (exact) mass is 700 g/mol. The van der Waals surface area contributed by atoms with Crippen LogP contribution < -0.4 is 0 Å². The first-order chi connectivity index (χ1) is 27.2. The van der Waals surface area contributed by atoms with Crippen molar-refractivity contribution in [1.82, 2.24) is 18.7 Å². The van der Waals surface area contributed by atoms with Crippen LogP contribution in [0.3, 0.4) is 0 Å². The summed E-state index contributed by atoms with van der Waals surface area (Å²) in [4.78, 5) is 4.67. The third-order valence-corrected chi connectivity index (χ3v) is 10.9. The van der Waals surface area contributed by atoms with E-state index in [0.29, 0.717) is 16.8 Å². The molecule has 0 amide bonds. The van der Waals surface area contributed by atoms with Crippen molar-refractivity contribution in [2.45, 2.75) is 0 Å². The Bertz CT molecular complexity index is 3190. The minimum atomic E-state index is 0.352.